The standard InChI is InChI=1S/C24H24F3N3O4S/c1-32-11-3-12-33-21-14-16(24(25,26)27)4-6-19(21)18-8-13-34-22-15-17(5-7-20(18)22)35(31)30-23-28-9-2-10-29-23/h2,4-7,9-10,14-15,18H,3,8,11-13H2,1H3,(H,28,29,30). The molecular weight excluding hydrogens is 483 g/mol. The van der Waals surface area contributed by atoms with Crippen LogP contribution in [0.1, 0.15) is 35.4 Å². The van der Waals surface area contributed by atoms with Gasteiger partial charge in [-0.05, 0) is 36.8 Å². The quantitative estimate of drug-likeness (QED) is 0.324. The van der Waals surface area contributed by atoms with E-state index in [2.05, 4.69) is 14.7 Å². The van der Waals surface area contributed by atoms with E-state index in [0.29, 0.717) is 42.3 Å². The summed E-state index contributed by atoms with van der Waals surface area (Å²) in [6.45, 7) is 1.02. The van der Waals surface area contributed by atoms with Gasteiger partial charge in [0.05, 0.1) is 18.8 Å². The molecule has 0 amide bonds. The maximum Gasteiger partial charge on any atom is 0.416 e. The number of aromatic nitrogens is 2. The van der Waals surface area contributed by atoms with Crippen molar-refractivity contribution in [2.45, 2.75) is 29.8 Å². The summed E-state index contributed by atoms with van der Waals surface area (Å²) in [5.41, 5.74) is 0.661. The fourth-order valence-corrected chi connectivity index (χ4v) is 4.61. The average molecular weight is 508 g/mol. The number of hydrogen-bond acceptors (Lipinski definition) is 7. The molecule has 4 rings (SSSR count). The molecule has 0 fully saturated rings. The van der Waals surface area contributed by atoms with Crippen molar-refractivity contribution in [3.63, 3.8) is 0 Å². The lowest BCUT2D eigenvalue weighted by atomic mass is 9.85. The van der Waals surface area contributed by atoms with Crippen molar-refractivity contribution in [1.29, 1.82) is 0 Å². The van der Waals surface area contributed by atoms with Crippen molar-refractivity contribution in [2.24, 2.45) is 0 Å². The van der Waals surface area contributed by atoms with Gasteiger partial charge in [0.2, 0.25) is 0 Å². The Bertz CT molecular complexity index is 1130. The van der Waals surface area contributed by atoms with Crippen LogP contribution in [0, 0.1) is 0 Å². The lowest BCUT2D eigenvalue weighted by Crippen LogP contribution is -2.19. The van der Waals surface area contributed by atoms with Crippen LogP contribution in [0.25, 0.3) is 0 Å². The molecule has 0 radical (unpaired) electrons. The first-order chi connectivity index (χ1) is 16.9. The highest BCUT2D eigenvalue weighted by molar-refractivity contribution is 7.92. The molecule has 11 heteroatoms. The van der Waals surface area contributed by atoms with Gasteiger partial charge in [0.15, 0.2) is 4.90 Å². The smallest absolute Gasteiger partial charge is 0.416 e. The van der Waals surface area contributed by atoms with Crippen LogP contribution in [0.15, 0.2) is 59.8 Å². The Hall–Kier alpha value is -3.02. The van der Waals surface area contributed by atoms with Crippen LogP contribution in [0.4, 0.5) is 19.1 Å². The second-order valence-electron chi connectivity index (χ2n) is 7.78. The third kappa shape index (κ3) is 6.16. The molecule has 2 unspecified atom stereocenters. The Morgan fingerprint density at radius 2 is 1.89 bits per heavy atom. The number of alkyl halides is 3. The zero-order valence-corrected chi connectivity index (χ0v) is 19.7. The molecule has 35 heavy (non-hydrogen) atoms. The van der Waals surface area contributed by atoms with E-state index in [4.69, 9.17) is 14.2 Å². The van der Waals surface area contributed by atoms with Crippen molar-refractivity contribution in [1.82, 2.24) is 9.97 Å². The number of rotatable bonds is 9. The number of fused-ring (bicyclic) bond motifs is 1. The summed E-state index contributed by atoms with van der Waals surface area (Å²) in [5, 5.41) is 0. The minimum Gasteiger partial charge on any atom is -0.588 e. The fourth-order valence-electron chi connectivity index (χ4n) is 3.81. The molecular formula is C24H24F3N3O4S. The van der Waals surface area contributed by atoms with E-state index in [1.54, 1.807) is 31.4 Å². The van der Waals surface area contributed by atoms with E-state index in [-0.39, 0.29) is 24.2 Å². The summed E-state index contributed by atoms with van der Waals surface area (Å²) in [4.78, 5) is 8.47. The van der Waals surface area contributed by atoms with Crippen LogP contribution in [0.2, 0.25) is 0 Å². The summed E-state index contributed by atoms with van der Waals surface area (Å²) in [6, 6.07) is 10.4. The average Bonchev–Trinajstić information content (AvgIpc) is 2.86. The predicted octanol–water partition coefficient (Wildman–Crippen LogP) is 4.96. The van der Waals surface area contributed by atoms with Crippen molar-refractivity contribution in [3.8, 4) is 11.5 Å². The van der Waals surface area contributed by atoms with Gasteiger partial charge in [-0.3, -0.25) is 0 Å². The van der Waals surface area contributed by atoms with Crippen LogP contribution >= 0.6 is 0 Å². The Morgan fingerprint density at radius 3 is 2.63 bits per heavy atom. The normalized spacial score (nSPS) is 16.2. The number of benzene rings is 2. The molecule has 1 N–H and O–H groups in total. The summed E-state index contributed by atoms with van der Waals surface area (Å²) in [6.07, 6.45) is -0.307. The molecule has 3 aromatic rings. The molecule has 0 saturated heterocycles. The first-order valence-electron chi connectivity index (χ1n) is 10.9. The van der Waals surface area contributed by atoms with E-state index in [1.807, 2.05) is 0 Å². The van der Waals surface area contributed by atoms with E-state index in [1.165, 1.54) is 18.5 Å². The molecule has 1 aliphatic heterocycles. The topological polar surface area (TPSA) is 88.6 Å². The third-order valence-electron chi connectivity index (χ3n) is 5.46. The van der Waals surface area contributed by atoms with E-state index in [0.717, 1.165) is 17.7 Å². The molecule has 2 atom stereocenters. The van der Waals surface area contributed by atoms with Crippen LogP contribution in [-0.2, 0) is 22.3 Å². The van der Waals surface area contributed by atoms with Crippen LogP contribution < -0.4 is 14.2 Å². The van der Waals surface area contributed by atoms with Gasteiger partial charge >= 0.3 is 6.18 Å². The van der Waals surface area contributed by atoms with E-state index >= 15 is 0 Å². The molecule has 186 valence electrons. The van der Waals surface area contributed by atoms with Crippen molar-refractivity contribution >= 4 is 17.3 Å². The highest BCUT2D eigenvalue weighted by atomic mass is 32.2. The number of nitrogens with zero attached hydrogens (tertiary/aromatic N) is 2. The molecule has 0 saturated carbocycles. The first-order valence-corrected chi connectivity index (χ1v) is 12.1. The van der Waals surface area contributed by atoms with Gasteiger partial charge in [0.1, 0.15) is 22.9 Å². The highest BCUT2D eigenvalue weighted by Gasteiger charge is 2.33. The fraction of sp³-hybridized carbons (Fsp3) is 0.333. The van der Waals surface area contributed by atoms with Gasteiger partial charge in [-0.2, -0.15) is 17.9 Å². The number of hydrogen-bond donors (Lipinski definition) is 1. The van der Waals surface area contributed by atoms with Crippen LogP contribution in [0.5, 0.6) is 11.5 Å². The predicted molar refractivity (Wildman–Crippen MR) is 124 cm³/mol. The zero-order chi connectivity index (χ0) is 24.8. The number of halogens is 3. The van der Waals surface area contributed by atoms with Gasteiger partial charge < -0.3 is 18.8 Å². The highest BCUT2D eigenvalue weighted by Crippen LogP contribution is 2.44. The van der Waals surface area contributed by atoms with Crippen molar-refractivity contribution < 1.29 is 31.9 Å². The minimum atomic E-state index is -4.48. The SMILES string of the molecule is COCCCOc1cc(C(F)(F)F)ccc1C1CCOc2cc([S+]([O-])Nc3ncccn3)ccc21. The lowest BCUT2D eigenvalue weighted by Gasteiger charge is -2.28. The van der Waals surface area contributed by atoms with Crippen molar-refractivity contribution in [2.75, 3.05) is 31.7 Å². The third-order valence-corrected chi connectivity index (χ3v) is 6.51. The Balaban J connectivity index is 1.61. The van der Waals surface area contributed by atoms with E-state index in [9.17, 15) is 17.7 Å². The van der Waals surface area contributed by atoms with Crippen LogP contribution in [-0.4, -0.2) is 41.5 Å². The summed E-state index contributed by atoms with van der Waals surface area (Å²) in [7, 11) is 1.55. The second kappa shape index (κ2) is 11.1. The minimum absolute atomic E-state index is 0.185. The molecule has 2 heterocycles. The summed E-state index contributed by atoms with van der Waals surface area (Å²) >= 11 is -1.63. The number of anilines is 1. The van der Waals surface area contributed by atoms with Gasteiger partial charge in [0.25, 0.3) is 5.95 Å². The van der Waals surface area contributed by atoms with Gasteiger partial charge in [0, 0.05) is 55.6 Å². The molecule has 1 aliphatic rings. The Labute approximate surface area is 204 Å². The first kappa shape index (κ1) is 25.1. The van der Waals surface area contributed by atoms with Crippen molar-refractivity contribution in [3.05, 3.63) is 71.5 Å². The molecule has 0 bridgehead atoms. The molecule has 0 aliphatic carbocycles. The lowest BCUT2D eigenvalue weighted by molar-refractivity contribution is -0.137. The maximum atomic E-state index is 13.4. The van der Waals surface area contributed by atoms with E-state index < -0.39 is 23.1 Å². The molecule has 1 aromatic heterocycles. The Kier molecular flexibility index (Phi) is 7.99. The van der Waals surface area contributed by atoms with Gasteiger partial charge in [-0.15, -0.1) is 0 Å². The largest absolute Gasteiger partial charge is 0.588 e. The Morgan fingerprint density at radius 1 is 1.11 bits per heavy atom. The second-order valence-corrected chi connectivity index (χ2v) is 8.99. The molecule has 2 aromatic carbocycles. The monoisotopic (exact) mass is 507 g/mol. The summed E-state index contributed by atoms with van der Waals surface area (Å²) < 4.78 is 72.1. The maximum absolute atomic E-state index is 13.4. The van der Waals surface area contributed by atoms with Crippen LogP contribution in [0.3, 0.4) is 0 Å². The molecule has 7 nitrogen and oxygen atoms in total. The summed E-state index contributed by atoms with van der Waals surface area (Å²) in [5.74, 6) is 0.686. The molecule has 0 spiro atoms. The number of nitrogens with one attached hydrogen (secondary N) is 1. The zero-order valence-electron chi connectivity index (χ0n) is 18.9. The van der Waals surface area contributed by atoms with Gasteiger partial charge in [-0.1, -0.05) is 6.07 Å². The number of ether oxygens (including phenoxy) is 3. The van der Waals surface area contributed by atoms with Gasteiger partial charge in [-0.25, -0.2) is 9.97 Å². The number of methoxy groups -OCH3 is 1.